The zero-order valence-corrected chi connectivity index (χ0v) is 15.8. The quantitative estimate of drug-likeness (QED) is 0.555. The predicted molar refractivity (Wildman–Crippen MR) is 105 cm³/mol. The fourth-order valence-electron chi connectivity index (χ4n) is 3.12. The molecule has 4 rings (SSSR count). The summed E-state index contributed by atoms with van der Waals surface area (Å²) in [5.41, 5.74) is 8.69. The van der Waals surface area contributed by atoms with Gasteiger partial charge in [0, 0.05) is 11.3 Å². The van der Waals surface area contributed by atoms with Gasteiger partial charge in [-0.2, -0.15) is 9.97 Å². The van der Waals surface area contributed by atoms with Crippen molar-refractivity contribution in [2.45, 2.75) is 24.5 Å². The van der Waals surface area contributed by atoms with Crippen molar-refractivity contribution >= 4 is 40.1 Å². The minimum Gasteiger partial charge on any atom is -0.394 e. The topological polar surface area (TPSA) is 114 Å². The molecule has 9 heteroatoms. The summed E-state index contributed by atoms with van der Waals surface area (Å²) in [6.07, 6.45) is -0.861. The molecule has 1 atom stereocenters. The third-order valence-corrected chi connectivity index (χ3v) is 5.56. The van der Waals surface area contributed by atoms with Gasteiger partial charge < -0.3 is 20.7 Å². The van der Waals surface area contributed by atoms with Gasteiger partial charge in [0.15, 0.2) is 11.0 Å². The Kier molecular flexibility index (Phi) is 5.16. The molecule has 0 radical (unpaired) electrons. The Balaban J connectivity index is 1.85. The minimum absolute atomic E-state index is 0.0702. The van der Waals surface area contributed by atoms with E-state index in [-0.39, 0.29) is 18.3 Å². The number of nitrogen functional groups attached to an aromatic ring is 1. The summed E-state index contributed by atoms with van der Waals surface area (Å²) in [6, 6.07) is 7.84. The SMILES string of the molecule is Nc1nc(SCC(O)CO)nc(-c2c(Cl)cc3c4c(cccc24)COC3)n1. The van der Waals surface area contributed by atoms with Gasteiger partial charge in [0.2, 0.25) is 5.95 Å². The number of rotatable bonds is 5. The van der Waals surface area contributed by atoms with Gasteiger partial charge in [0.05, 0.1) is 30.9 Å². The monoisotopic (exact) mass is 404 g/mol. The van der Waals surface area contributed by atoms with Crippen LogP contribution in [-0.4, -0.2) is 43.6 Å². The average Bonchev–Trinajstić information content (AvgIpc) is 2.66. The largest absolute Gasteiger partial charge is 0.394 e. The van der Waals surface area contributed by atoms with Gasteiger partial charge in [0.1, 0.15) is 0 Å². The first-order valence-electron chi connectivity index (χ1n) is 8.31. The molecule has 0 bridgehead atoms. The number of aromatic nitrogens is 3. The molecule has 1 unspecified atom stereocenters. The lowest BCUT2D eigenvalue weighted by molar-refractivity contribution is 0.103. The molecule has 4 N–H and O–H groups in total. The van der Waals surface area contributed by atoms with E-state index in [0.717, 1.165) is 21.9 Å². The molecule has 3 aromatic rings. The van der Waals surface area contributed by atoms with Crippen LogP contribution in [0.15, 0.2) is 29.4 Å². The van der Waals surface area contributed by atoms with Crippen LogP contribution in [-0.2, 0) is 18.0 Å². The number of anilines is 1. The Labute approximate surface area is 164 Å². The molecule has 1 aliphatic rings. The Morgan fingerprint density at radius 3 is 2.85 bits per heavy atom. The van der Waals surface area contributed by atoms with E-state index in [9.17, 15) is 5.11 Å². The van der Waals surface area contributed by atoms with E-state index in [1.165, 1.54) is 11.8 Å². The lowest BCUT2D eigenvalue weighted by atomic mass is 9.94. The highest BCUT2D eigenvalue weighted by Crippen LogP contribution is 2.39. The molecular formula is C18H17ClN4O3S. The highest BCUT2D eigenvalue weighted by Gasteiger charge is 2.21. The van der Waals surface area contributed by atoms with Crippen LogP contribution in [0.2, 0.25) is 5.02 Å². The number of thioether (sulfide) groups is 1. The average molecular weight is 405 g/mol. The number of benzene rings is 2. The number of nitrogens with zero attached hydrogens (tertiary/aromatic N) is 3. The molecule has 1 aliphatic heterocycles. The van der Waals surface area contributed by atoms with Crippen molar-refractivity contribution in [3.63, 3.8) is 0 Å². The van der Waals surface area contributed by atoms with Gasteiger partial charge in [-0.1, -0.05) is 41.6 Å². The number of ether oxygens (including phenoxy) is 1. The predicted octanol–water partition coefficient (Wildman–Crippen LogP) is 2.40. The molecule has 0 saturated heterocycles. The maximum atomic E-state index is 9.55. The summed E-state index contributed by atoms with van der Waals surface area (Å²) < 4.78 is 5.62. The summed E-state index contributed by atoms with van der Waals surface area (Å²) in [6.45, 7) is 0.723. The number of aliphatic hydroxyl groups excluding tert-OH is 2. The fraction of sp³-hybridized carbons (Fsp3) is 0.278. The van der Waals surface area contributed by atoms with Crippen LogP contribution in [0.5, 0.6) is 0 Å². The molecule has 0 fully saturated rings. The van der Waals surface area contributed by atoms with Crippen LogP contribution in [0, 0.1) is 0 Å². The summed E-state index contributed by atoms with van der Waals surface area (Å²) in [7, 11) is 0. The number of hydrogen-bond donors (Lipinski definition) is 3. The van der Waals surface area contributed by atoms with Crippen molar-refractivity contribution < 1.29 is 14.9 Å². The van der Waals surface area contributed by atoms with E-state index in [2.05, 4.69) is 15.0 Å². The Bertz CT molecular complexity index is 1020. The summed E-state index contributed by atoms with van der Waals surface area (Å²) >= 11 is 7.77. The summed E-state index contributed by atoms with van der Waals surface area (Å²) in [4.78, 5) is 12.9. The second kappa shape index (κ2) is 7.57. The second-order valence-corrected chi connectivity index (χ2v) is 7.57. The van der Waals surface area contributed by atoms with Gasteiger partial charge in [-0.15, -0.1) is 0 Å². The zero-order chi connectivity index (χ0) is 19.0. The molecule has 0 aliphatic carbocycles. The first kappa shape index (κ1) is 18.4. The third kappa shape index (κ3) is 3.59. The van der Waals surface area contributed by atoms with Crippen molar-refractivity contribution in [1.82, 2.24) is 15.0 Å². The molecular weight excluding hydrogens is 388 g/mol. The van der Waals surface area contributed by atoms with Crippen molar-refractivity contribution in [2.75, 3.05) is 18.1 Å². The van der Waals surface area contributed by atoms with E-state index in [4.69, 9.17) is 27.2 Å². The van der Waals surface area contributed by atoms with Gasteiger partial charge in [-0.05, 0) is 28.0 Å². The number of aliphatic hydroxyl groups is 2. The van der Waals surface area contributed by atoms with Crippen LogP contribution in [0.4, 0.5) is 5.95 Å². The summed E-state index contributed by atoms with van der Waals surface area (Å²) in [5, 5.41) is 21.4. The van der Waals surface area contributed by atoms with E-state index in [1.807, 2.05) is 24.3 Å². The third-order valence-electron chi connectivity index (χ3n) is 4.27. The number of halogens is 1. The molecule has 7 nitrogen and oxygen atoms in total. The van der Waals surface area contributed by atoms with E-state index in [1.54, 1.807) is 0 Å². The van der Waals surface area contributed by atoms with Gasteiger partial charge in [0.25, 0.3) is 0 Å². The molecule has 1 aromatic heterocycles. The molecule has 0 amide bonds. The van der Waals surface area contributed by atoms with E-state index >= 15 is 0 Å². The first-order valence-corrected chi connectivity index (χ1v) is 9.67. The van der Waals surface area contributed by atoms with Crippen molar-refractivity contribution in [3.8, 4) is 11.4 Å². The standard InChI is InChI=1S/C18H17ClN4O3S/c19-13-4-10-7-26-6-9-2-1-3-12(14(9)10)15(13)16-21-17(20)23-18(22-16)27-8-11(25)5-24/h1-4,11,24-25H,5-8H2,(H2,20,21,22,23). The Morgan fingerprint density at radius 2 is 2.04 bits per heavy atom. The maximum absolute atomic E-state index is 9.55. The molecule has 27 heavy (non-hydrogen) atoms. The van der Waals surface area contributed by atoms with Crippen molar-refractivity contribution in [1.29, 1.82) is 0 Å². The highest BCUT2D eigenvalue weighted by molar-refractivity contribution is 7.99. The van der Waals surface area contributed by atoms with Gasteiger partial charge in [-0.25, -0.2) is 4.98 Å². The van der Waals surface area contributed by atoms with Crippen LogP contribution >= 0.6 is 23.4 Å². The van der Waals surface area contributed by atoms with E-state index in [0.29, 0.717) is 34.8 Å². The highest BCUT2D eigenvalue weighted by atomic mass is 35.5. The molecule has 140 valence electrons. The van der Waals surface area contributed by atoms with Crippen molar-refractivity contribution in [3.05, 3.63) is 40.4 Å². The van der Waals surface area contributed by atoms with Gasteiger partial charge >= 0.3 is 0 Å². The van der Waals surface area contributed by atoms with Crippen LogP contribution < -0.4 is 5.73 Å². The maximum Gasteiger partial charge on any atom is 0.224 e. The van der Waals surface area contributed by atoms with Gasteiger partial charge in [-0.3, -0.25) is 0 Å². The fourth-order valence-corrected chi connectivity index (χ4v) is 4.19. The molecule has 2 heterocycles. The lowest BCUT2D eigenvalue weighted by Crippen LogP contribution is -2.15. The van der Waals surface area contributed by atoms with Crippen molar-refractivity contribution in [2.24, 2.45) is 0 Å². The zero-order valence-electron chi connectivity index (χ0n) is 14.2. The normalized spacial score (nSPS) is 14.5. The minimum atomic E-state index is -0.861. The van der Waals surface area contributed by atoms with Crippen LogP contribution in [0.25, 0.3) is 22.2 Å². The Hall–Kier alpha value is -1.97. The number of hydrogen-bond acceptors (Lipinski definition) is 8. The molecule has 0 spiro atoms. The molecule has 2 aromatic carbocycles. The van der Waals surface area contributed by atoms with Crippen LogP contribution in [0.3, 0.4) is 0 Å². The van der Waals surface area contributed by atoms with E-state index < -0.39 is 6.10 Å². The second-order valence-electron chi connectivity index (χ2n) is 6.17. The van der Waals surface area contributed by atoms with Crippen LogP contribution in [0.1, 0.15) is 11.1 Å². The molecule has 0 saturated carbocycles. The smallest absolute Gasteiger partial charge is 0.224 e. The first-order chi connectivity index (χ1) is 13.1. The Morgan fingerprint density at radius 1 is 1.22 bits per heavy atom. The summed E-state index contributed by atoms with van der Waals surface area (Å²) in [5.74, 6) is 0.693. The number of nitrogens with two attached hydrogens (primary N) is 1. The lowest BCUT2D eigenvalue weighted by Gasteiger charge is -2.20.